The number of ether oxygens (including phenoxy) is 1. The number of aliphatic hydroxyl groups is 1. The van der Waals surface area contributed by atoms with Gasteiger partial charge in [0.1, 0.15) is 11.6 Å². The number of nitrogens with zero attached hydrogens (tertiary/aromatic N) is 3. The predicted octanol–water partition coefficient (Wildman–Crippen LogP) is -0.0512. The quantitative estimate of drug-likeness (QED) is 0.784. The van der Waals surface area contributed by atoms with Crippen LogP contribution in [0.5, 0.6) is 0 Å². The highest BCUT2D eigenvalue weighted by atomic mass is 16.5. The van der Waals surface area contributed by atoms with Crippen molar-refractivity contribution in [3.63, 3.8) is 0 Å². The number of morpholine rings is 1. The molecule has 2 unspecified atom stereocenters. The topological polar surface area (TPSA) is 84.5 Å². The molecule has 1 fully saturated rings. The van der Waals surface area contributed by atoms with Crippen molar-refractivity contribution in [3.8, 4) is 0 Å². The van der Waals surface area contributed by atoms with Crippen LogP contribution in [0.2, 0.25) is 0 Å². The van der Waals surface area contributed by atoms with Crippen LogP contribution in [0.4, 0.5) is 5.82 Å². The summed E-state index contributed by atoms with van der Waals surface area (Å²) in [5, 5.41) is 9.18. The summed E-state index contributed by atoms with van der Waals surface area (Å²) in [6.07, 6.45) is -0.0195. The molecule has 18 heavy (non-hydrogen) atoms. The van der Waals surface area contributed by atoms with Gasteiger partial charge < -0.3 is 15.6 Å². The normalized spacial score (nSPS) is 25.3. The van der Waals surface area contributed by atoms with Gasteiger partial charge in [-0.25, -0.2) is 9.97 Å². The highest BCUT2D eigenvalue weighted by Crippen LogP contribution is 2.13. The summed E-state index contributed by atoms with van der Waals surface area (Å²) in [6.45, 7) is 6.08. The lowest BCUT2D eigenvalue weighted by Crippen LogP contribution is -2.47. The zero-order valence-electron chi connectivity index (χ0n) is 10.8. The molecule has 2 heterocycles. The molecule has 2 atom stereocenters. The first-order valence-electron chi connectivity index (χ1n) is 6.15. The van der Waals surface area contributed by atoms with Crippen molar-refractivity contribution in [1.29, 1.82) is 0 Å². The Bertz CT molecular complexity index is 393. The van der Waals surface area contributed by atoms with E-state index < -0.39 is 0 Å². The second-order valence-corrected chi connectivity index (χ2v) is 4.80. The average Bonchev–Trinajstić information content (AvgIpc) is 2.26. The first-order chi connectivity index (χ1) is 8.56. The van der Waals surface area contributed by atoms with Gasteiger partial charge >= 0.3 is 0 Å². The molecule has 3 N–H and O–H groups in total. The molecule has 0 aromatic carbocycles. The molecule has 1 aromatic heterocycles. The molecule has 1 aliphatic rings. The van der Waals surface area contributed by atoms with Crippen molar-refractivity contribution in [3.05, 3.63) is 17.6 Å². The number of nitrogens with two attached hydrogens (primary N) is 1. The van der Waals surface area contributed by atoms with Gasteiger partial charge in [0.2, 0.25) is 0 Å². The van der Waals surface area contributed by atoms with E-state index in [4.69, 9.17) is 10.5 Å². The zero-order chi connectivity index (χ0) is 13.1. The Morgan fingerprint density at radius 2 is 2.28 bits per heavy atom. The molecule has 0 saturated carbocycles. The lowest BCUT2D eigenvalue weighted by atomic mass is 10.2. The fraction of sp³-hybridized carbons (Fsp3) is 0.667. The Kier molecular flexibility index (Phi) is 4.11. The van der Waals surface area contributed by atoms with E-state index in [-0.39, 0.29) is 18.8 Å². The highest BCUT2D eigenvalue weighted by Gasteiger charge is 2.25. The van der Waals surface area contributed by atoms with Gasteiger partial charge in [-0.15, -0.1) is 0 Å². The summed E-state index contributed by atoms with van der Waals surface area (Å²) < 4.78 is 5.59. The van der Waals surface area contributed by atoms with E-state index in [1.165, 1.54) is 0 Å². The second kappa shape index (κ2) is 5.60. The van der Waals surface area contributed by atoms with E-state index in [0.717, 1.165) is 18.1 Å². The van der Waals surface area contributed by atoms with Crippen LogP contribution in [-0.4, -0.2) is 51.9 Å². The maximum absolute atomic E-state index is 9.18. The first kappa shape index (κ1) is 13.2. The molecular formula is C12H20N4O2. The predicted molar refractivity (Wildman–Crippen MR) is 67.9 cm³/mol. The molecular weight excluding hydrogens is 232 g/mol. The number of rotatable bonds is 3. The van der Waals surface area contributed by atoms with Crippen molar-refractivity contribution in [2.24, 2.45) is 0 Å². The molecule has 0 radical (unpaired) electrons. The maximum atomic E-state index is 9.18. The fourth-order valence-electron chi connectivity index (χ4n) is 2.30. The monoisotopic (exact) mass is 252 g/mol. The number of aryl methyl sites for hydroxylation is 1. The second-order valence-electron chi connectivity index (χ2n) is 4.80. The Morgan fingerprint density at radius 1 is 1.50 bits per heavy atom. The van der Waals surface area contributed by atoms with E-state index in [2.05, 4.69) is 14.9 Å². The van der Waals surface area contributed by atoms with E-state index in [1.54, 1.807) is 6.07 Å². The molecule has 100 valence electrons. The summed E-state index contributed by atoms with van der Waals surface area (Å²) in [5.74, 6) is 1.22. The van der Waals surface area contributed by atoms with Gasteiger partial charge in [-0.05, 0) is 13.8 Å². The molecule has 0 bridgehead atoms. The number of anilines is 1. The third kappa shape index (κ3) is 3.38. The van der Waals surface area contributed by atoms with Gasteiger partial charge in [0, 0.05) is 24.8 Å². The summed E-state index contributed by atoms with van der Waals surface area (Å²) in [7, 11) is 0. The Hall–Kier alpha value is -1.24. The fourth-order valence-corrected chi connectivity index (χ4v) is 2.30. The van der Waals surface area contributed by atoms with Gasteiger partial charge in [0.05, 0.1) is 25.4 Å². The Morgan fingerprint density at radius 3 is 2.94 bits per heavy atom. The highest BCUT2D eigenvalue weighted by molar-refractivity contribution is 5.29. The first-order valence-corrected chi connectivity index (χ1v) is 6.15. The van der Waals surface area contributed by atoms with Crippen molar-refractivity contribution in [2.75, 3.05) is 25.4 Å². The SMILES string of the molecule is Cc1cc(N)nc(CN2CC(C)OC(CO)C2)n1. The van der Waals surface area contributed by atoms with Gasteiger partial charge in [0.15, 0.2) is 0 Å². The molecule has 0 amide bonds. The van der Waals surface area contributed by atoms with Gasteiger partial charge in [-0.2, -0.15) is 0 Å². The van der Waals surface area contributed by atoms with Crippen LogP contribution in [-0.2, 0) is 11.3 Å². The van der Waals surface area contributed by atoms with Crippen molar-refractivity contribution < 1.29 is 9.84 Å². The number of aliphatic hydroxyl groups excluding tert-OH is 1. The molecule has 1 saturated heterocycles. The summed E-state index contributed by atoms with van der Waals surface area (Å²) >= 11 is 0. The zero-order valence-corrected chi connectivity index (χ0v) is 10.8. The minimum Gasteiger partial charge on any atom is -0.394 e. The minimum atomic E-state index is -0.129. The van der Waals surface area contributed by atoms with Gasteiger partial charge in [-0.1, -0.05) is 0 Å². The molecule has 1 aromatic rings. The average molecular weight is 252 g/mol. The van der Waals surface area contributed by atoms with E-state index in [1.807, 2.05) is 13.8 Å². The summed E-state index contributed by atoms with van der Waals surface area (Å²) in [6, 6.07) is 1.75. The van der Waals surface area contributed by atoms with Gasteiger partial charge in [-0.3, -0.25) is 4.90 Å². The van der Waals surface area contributed by atoms with Gasteiger partial charge in [0.25, 0.3) is 0 Å². The standard InChI is InChI=1S/C12H20N4O2/c1-8-3-11(13)15-12(14-8)6-16-4-9(2)18-10(5-16)7-17/h3,9-10,17H,4-7H2,1-2H3,(H2,13,14,15). The third-order valence-corrected chi connectivity index (χ3v) is 2.89. The number of hydrogen-bond donors (Lipinski definition) is 2. The van der Waals surface area contributed by atoms with Crippen LogP contribution in [0, 0.1) is 6.92 Å². The number of nitrogen functional groups attached to an aromatic ring is 1. The van der Waals surface area contributed by atoms with Crippen LogP contribution >= 0.6 is 0 Å². The Labute approximate surface area is 107 Å². The van der Waals surface area contributed by atoms with Crippen LogP contribution in [0.1, 0.15) is 18.4 Å². The number of aromatic nitrogens is 2. The molecule has 0 aliphatic carbocycles. The summed E-state index contributed by atoms with van der Waals surface area (Å²) in [4.78, 5) is 10.8. The summed E-state index contributed by atoms with van der Waals surface area (Å²) in [5.41, 5.74) is 6.58. The van der Waals surface area contributed by atoms with E-state index in [0.29, 0.717) is 18.9 Å². The Balaban J connectivity index is 2.03. The van der Waals surface area contributed by atoms with Crippen LogP contribution in [0.3, 0.4) is 0 Å². The minimum absolute atomic E-state index is 0.0393. The van der Waals surface area contributed by atoms with Crippen molar-refractivity contribution in [1.82, 2.24) is 14.9 Å². The van der Waals surface area contributed by atoms with E-state index >= 15 is 0 Å². The van der Waals surface area contributed by atoms with Crippen LogP contribution in [0.25, 0.3) is 0 Å². The largest absolute Gasteiger partial charge is 0.394 e. The third-order valence-electron chi connectivity index (χ3n) is 2.89. The lowest BCUT2D eigenvalue weighted by molar-refractivity contribution is -0.0977. The van der Waals surface area contributed by atoms with Crippen LogP contribution < -0.4 is 5.73 Å². The lowest BCUT2D eigenvalue weighted by Gasteiger charge is -2.35. The molecule has 6 heteroatoms. The van der Waals surface area contributed by atoms with E-state index in [9.17, 15) is 5.11 Å². The van der Waals surface area contributed by atoms with Crippen LogP contribution in [0.15, 0.2) is 6.07 Å². The molecule has 6 nitrogen and oxygen atoms in total. The number of hydrogen-bond acceptors (Lipinski definition) is 6. The van der Waals surface area contributed by atoms with Crippen molar-refractivity contribution >= 4 is 5.82 Å². The molecule has 0 spiro atoms. The van der Waals surface area contributed by atoms with Crippen molar-refractivity contribution in [2.45, 2.75) is 32.6 Å². The smallest absolute Gasteiger partial charge is 0.144 e. The maximum Gasteiger partial charge on any atom is 0.144 e. The molecule has 2 rings (SSSR count). The molecule has 1 aliphatic heterocycles.